The number of thiophene rings is 1. The van der Waals surface area contributed by atoms with Crippen molar-refractivity contribution in [3.63, 3.8) is 0 Å². The molecule has 1 fully saturated rings. The molecule has 5 heteroatoms. The van der Waals surface area contributed by atoms with Crippen molar-refractivity contribution >= 4 is 55.8 Å². The summed E-state index contributed by atoms with van der Waals surface area (Å²) >= 11 is 7.53. The van der Waals surface area contributed by atoms with E-state index >= 15 is 0 Å². The maximum Gasteiger partial charge on any atom is 0.254 e. The van der Waals surface area contributed by atoms with E-state index in [0.29, 0.717) is 10.7 Å². The Kier molecular flexibility index (Phi) is 4.29. The molecule has 2 heterocycles. The van der Waals surface area contributed by atoms with Crippen LogP contribution in [0.4, 0.5) is 0 Å². The molecule has 0 radical (unpaired) electrons. The SMILES string of the molecule is CC1CN(C(=O)c2csc(I)c2)CCC1Br. The smallest absolute Gasteiger partial charge is 0.254 e. The summed E-state index contributed by atoms with van der Waals surface area (Å²) in [4.78, 5) is 14.7. The van der Waals surface area contributed by atoms with Gasteiger partial charge < -0.3 is 4.90 Å². The van der Waals surface area contributed by atoms with Crippen molar-refractivity contribution in [2.75, 3.05) is 13.1 Å². The highest BCUT2D eigenvalue weighted by Gasteiger charge is 2.27. The van der Waals surface area contributed by atoms with Crippen molar-refractivity contribution in [1.29, 1.82) is 0 Å². The summed E-state index contributed by atoms with van der Waals surface area (Å²) in [7, 11) is 0. The van der Waals surface area contributed by atoms with Gasteiger partial charge in [0.15, 0.2) is 0 Å². The van der Waals surface area contributed by atoms with Crippen LogP contribution in [0.3, 0.4) is 0 Å². The minimum absolute atomic E-state index is 0.186. The molecule has 0 N–H and O–H groups in total. The molecule has 0 saturated carbocycles. The second kappa shape index (κ2) is 5.35. The Labute approximate surface area is 122 Å². The van der Waals surface area contributed by atoms with Crippen molar-refractivity contribution in [3.05, 3.63) is 19.9 Å². The zero-order valence-corrected chi connectivity index (χ0v) is 13.5. The van der Waals surface area contributed by atoms with E-state index in [0.717, 1.165) is 25.1 Å². The molecule has 1 aromatic heterocycles. The Bertz CT molecular complexity index is 395. The summed E-state index contributed by atoms with van der Waals surface area (Å²) in [5.74, 6) is 0.723. The molecule has 0 bridgehead atoms. The average Bonchev–Trinajstić information content (AvgIpc) is 2.68. The molecule has 2 rings (SSSR count). The maximum atomic E-state index is 12.2. The van der Waals surface area contributed by atoms with Gasteiger partial charge in [-0.3, -0.25) is 4.79 Å². The van der Waals surface area contributed by atoms with Crippen LogP contribution in [-0.2, 0) is 0 Å². The van der Waals surface area contributed by atoms with Gasteiger partial charge in [0.1, 0.15) is 0 Å². The summed E-state index contributed by atoms with van der Waals surface area (Å²) in [6.07, 6.45) is 1.05. The van der Waals surface area contributed by atoms with Gasteiger partial charge in [0, 0.05) is 23.3 Å². The summed E-state index contributed by atoms with van der Waals surface area (Å²) in [6, 6.07) is 1.97. The molecule has 1 saturated heterocycles. The van der Waals surface area contributed by atoms with Gasteiger partial charge in [-0.05, 0) is 41.0 Å². The van der Waals surface area contributed by atoms with Gasteiger partial charge in [0.05, 0.1) is 8.45 Å². The molecule has 16 heavy (non-hydrogen) atoms. The zero-order valence-electron chi connectivity index (χ0n) is 8.95. The van der Waals surface area contributed by atoms with Crippen molar-refractivity contribution in [2.24, 2.45) is 5.92 Å². The van der Waals surface area contributed by atoms with Crippen LogP contribution in [0, 0.1) is 8.80 Å². The lowest BCUT2D eigenvalue weighted by atomic mass is 9.99. The first-order valence-electron chi connectivity index (χ1n) is 5.25. The normalized spacial score (nSPS) is 25.8. The van der Waals surface area contributed by atoms with E-state index in [-0.39, 0.29) is 5.91 Å². The number of hydrogen-bond acceptors (Lipinski definition) is 2. The van der Waals surface area contributed by atoms with E-state index in [1.807, 2.05) is 16.3 Å². The first-order chi connectivity index (χ1) is 7.58. The van der Waals surface area contributed by atoms with Crippen LogP contribution in [0.2, 0.25) is 0 Å². The summed E-state index contributed by atoms with van der Waals surface area (Å²) < 4.78 is 1.17. The highest BCUT2D eigenvalue weighted by molar-refractivity contribution is 14.1. The van der Waals surface area contributed by atoms with Crippen LogP contribution in [0.15, 0.2) is 11.4 Å². The third-order valence-corrected chi connectivity index (χ3v) is 6.05. The number of halogens is 2. The third-order valence-electron chi connectivity index (χ3n) is 2.90. The second-order valence-corrected chi connectivity index (χ2v) is 8.15. The first-order valence-corrected chi connectivity index (χ1v) is 8.12. The van der Waals surface area contributed by atoms with Crippen LogP contribution >= 0.6 is 49.9 Å². The molecule has 0 aliphatic carbocycles. The van der Waals surface area contributed by atoms with Crippen LogP contribution < -0.4 is 0 Å². The predicted octanol–water partition coefficient (Wildman–Crippen LogP) is 3.60. The zero-order chi connectivity index (χ0) is 11.7. The Balaban J connectivity index is 2.06. The van der Waals surface area contributed by atoms with E-state index in [1.165, 1.54) is 2.88 Å². The van der Waals surface area contributed by atoms with E-state index in [2.05, 4.69) is 45.4 Å². The fourth-order valence-electron chi connectivity index (χ4n) is 1.91. The molecule has 1 amide bonds. The van der Waals surface area contributed by atoms with Gasteiger partial charge in [-0.1, -0.05) is 22.9 Å². The molecular formula is C11H13BrINOS. The molecule has 1 aromatic rings. The van der Waals surface area contributed by atoms with E-state index < -0.39 is 0 Å². The summed E-state index contributed by atoms with van der Waals surface area (Å²) in [5.41, 5.74) is 0.842. The number of rotatable bonds is 1. The van der Waals surface area contributed by atoms with Crippen LogP contribution in [0.25, 0.3) is 0 Å². The van der Waals surface area contributed by atoms with Gasteiger partial charge in [0.25, 0.3) is 5.91 Å². The van der Waals surface area contributed by atoms with Crippen LogP contribution in [0.5, 0.6) is 0 Å². The first kappa shape index (κ1) is 12.8. The Morgan fingerprint density at radius 3 is 3.00 bits per heavy atom. The number of likely N-dealkylation sites (tertiary alicyclic amines) is 1. The minimum atomic E-state index is 0.186. The fourth-order valence-corrected chi connectivity index (χ4v) is 3.60. The molecule has 1 aliphatic heterocycles. The van der Waals surface area contributed by atoms with Crippen molar-refractivity contribution in [2.45, 2.75) is 18.2 Å². The van der Waals surface area contributed by atoms with Gasteiger partial charge in [0.2, 0.25) is 0 Å². The van der Waals surface area contributed by atoms with E-state index in [9.17, 15) is 4.79 Å². The van der Waals surface area contributed by atoms with Crippen molar-refractivity contribution in [1.82, 2.24) is 4.90 Å². The van der Waals surface area contributed by atoms with Gasteiger partial charge >= 0.3 is 0 Å². The monoisotopic (exact) mass is 413 g/mol. The largest absolute Gasteiger partial charge is 0.338 e. The summed E-state index contributed by atoms with van der Waals surface area (Å²) in [5, 5.41) is 1.95. The van der Waals surface area contributed by atoms with Gasteiger partial charge in [-0.25, -0.2) is 0 Å². The Morgan fingerprint density at radius 1 is 1.69 bits per heavy atom. The molecule has 88 valence electrons. The number of piperidine rings is 1. The van der Waals surface area contributed by atoms with Crippen LogP contribution in [0.1, 0.15) is 23.7 Å². The standard InChI is InChI=1S/C11H13BrINOS/c1-7-5-14(3-2-9(7)12)11(15)8-4-10(13)16-6-8/h4,6-7,9H,2-3,5H2,1H3. The van der Waals surface area contributed by atoms with Gasteiger partial charge in [-0.15, -0.1) is 11.3 Å². The third kappa shape index (κ3) is 2.79. The van der Waals surface area contributed by atoms with Crippen LogP contribution in [-0.4, -0.2) is 28.7 Å². The number of carbonyl (C=O) groups excluding carboxylic acids is 1. The van der Waals surface area contributed by atoms with Gasteiger partial charge in [-0.2, -0.15) is 0 Å². The van der Waals surface area contributed by atoms with Crippen molar-refractivity contribution < 1.29 is 4.79 Å². The fraction of sp³-hybridized carbons (Fsp3) is 0.545. The average molecular weight is 414 g/mol. The summed E-state index contributed by atoms with van der Waals surface area (Å²) in [6.45, 7) is 3.92. The predicted molar refractivity (Wildman–Crippen MR) is 79.4 cm³/mol. The number of amides is 1. The Morgan fingerprint density at radius 2 is 2.44 bits per heavy atom. The lowest BCUT2D eigenvalue weighted by Gasteiger charge is -2.34. The minimum Gasteiger partial charge on any atom is -0.338 e. The number of carbonyl (C=O) groups is 1. The highest BCUT2D eigenvalue weighted by atomic mass is 127. The number of hydrogen-bond donors (Lipinski definition) is 0. The highest BCUT2D eigenvalue weighted by Crippen LogP contribution is 2.25. The topological polar surface area (TPSA) is 20.3 Å². The number of alkyl halides is 1. The molecule has 0 aromatic carbocycles. The molecule has 2 nitrogen and oxygen atoms in total. The molecule has 2 atom stereocenters. The lowest BCUT2D eigenvalue weighted by molar-refractivity contribution is 0.0691. The molecule has 2 unspecified atom stereocenters. The second-order valence-electron chi connectivity index (χ2n) is 4.17. The van der Waals surface area contributed by atoms with E-state index in [4.69, 9.17) is 0 Å². The number of nitrogens with zero attached hydrogens (tertiary/aromatic N) is 1. The lowest BCUT2D eigenvalue weighted by Crippen LogP contribution is -2.43. The molecule has 1 aliphatic rings. The quantitative estimate of drug-likeness (QED) is 0.508. The maximum absolute atomic E-state index is 12.2. The van der Waals surface area contributed by atoms with E-state index in [1.54, 1.807) is 11.3 Å². The Hall–Kier alpha value is 0.380. The van der Waals surface area contributed by atoms with Crippen molar-refractivity contribution in [3.8, 4) is 0 Å². The molecule has 0 spiro atoms. The molecular weight excluding hydrogens is 401 g/mol.